The van der Waals surface area contributed by atoms with Gasteiger partial charge in [0, 0.05) is 66.5 Å². The Hall–Kier alpha value is -3.02. The van der Waals surface area contributed by atoms with Gasteiger partial charge in [-0.2, -0.15) is 0 Å². The topological polar surface area (TPSA) is 50.2 Å². The minimum Gasteiger partial charge on any atom is -0.392 e. The van der Waals surface area contributed by atoms with E-state index >= 15 is 0 Å². The summed E-state index contributed by atoms with van der Waals surface area (Å²) in [5.41, 5.74) is 6.64. The minimum absolute atomic E-state index is 0.159. The molecular formula is C31H37N3O2. The van der Waals surface area contributed by atoms with E-state index in [1.54, 1.807) is 0 Å². The molecule has 0 radical (unpaired) electrons. The van der Waals surface area contributed by atoms with Gasteiger partial charge in [-0.05, 0) is 48.6 Å². The highest BCUT2D eigenvalue weighted by molar-refractivity contribution is 6.07. The average Bonchev–Trinajstić information content (AvgIpc) is 3.05. The lowest BCUT2D eigenvalue weighted by Crippen LogP contribution is -2.56. The maximum atomic E-state index is 11.4. The normalized spacial score (nSPS) is 29.0. The van der Waals surface area contributed by atoms with Crippen LogP contribution in [0.25, 0.3) is 10.8 Å². The van der Waals surface area contributed by atoms with Gasteiger partial charge in [-0.1, -0.05) is 56.3 Å². The molecule has 1 aliphatic carbocycles. The number of likely N-dealkylation sites (N-methyl/N-ethyl adjacent to an activating group) is 1. The van der Waals surface area contributed by atoms with Crippen LogP contribution in [0.4, 0.5) is 17.1 Å². The highest BCUT2D eigenvalue weighted by Crippen LogP contribution is 2.53. The van der Waals surface area contributed by atoms with Crippen LogP contribution in [0, 0.1) is 5.92 Å². The van der Waals surface area contributed by atoms with Gasteiger partial charge in [0.05, 0.1) is 12.2 Å². The fourth-order valence-corrected chi connectivity index (χ4v) is 6.84. The minimum atomic E-state index is -0.645. The van der Waals surface area contributed by atoms with Gasteiger partial charge < -0.3 is 24.9 Å². The zero-order valence-electron chi connectivity index (χ0n) is 22.3. The summed E-state index contributed by atoms with van der Waals surface area (Å²) >= 11 is 0. The van der Waals surface area contributed by atoms with Gasteiger partial charge in [-0.25, -0.2) is 0 Å². The fraction of sp³-hybridized carbons (Fsp3) is 0.419. The number of nitrogens with zero attached hydrogens (tertiary/aromatic N) is 3. The average molecular weight is 484 g/mol. The first-order chi connectivity index (χ1) is 17.0. The van der Waals surface area contributed by atoms with E-state index in [1.165, 1.54) is 28.0 Å². The summed E-state index contributed by atoms with van der Waals surface area (Å²) in [6.45, 7) is 8.88. The predicted molar refractivity (Wildman–Crippen MR) is 149 cm³/mol. The van der Waals surface area contributed by atoms with Crippen LogP contribution in [0.1, 0.15) is 44.7 Å². The van der Waals surface area contributed by atoms with Crippen molar-refractivity contribution in [3.63, 3.8) is 0 Å². The molecule has 2 aliphatic heterocycles. The van der Waals surface area contributed by atoms with Crippen LogP contribution in [0.15, 0.2) is 66.4 Å². The van der Waals surface area contributed by atoms with Gasteiger partial charge in [-0.3, -0.25) is 0 Å². The van der Waals surface area contributed by atoms with Crippen molar-refractivity contribution in [2.75, 3.05) is 35.8 Å². The summed E-state index contributed by atoms with van der Waals surface area (Å²) in [5.74, 6) is -0.630. The number of aliphatic hydroxyl groups excluding tert-OH is 2. The van der Waals surface area contributed by atoms with Gasteiger partial charge >= 0.3 is 0 Å². The lowest BCUT2D eigenvalue weighted by Gasteiger charge is -2.51. The van der Waals surface area contributed by atoms with Crippen molar-refractivity contribution >= 4 is 27.8 Å². The van der Waals surface area contributed by atoms with Crippen LogP contribution in [0.3, 0.4) is 0 Å². The molecule has 0 amide bonds. The van der Waals surface area contributed by atoms with Crippen molar-refractivity contribution in [1.82, 2.24) is 0 Å². The molecule has 1 fully saturated rings. The molecule has 2 heterocycles. The first-order valence-corrected chi connectivity index (χ1v) is 12.9. The maximum Gasteiger partial charge on any atom is 0.106 e. The van der Waals surface area contributed by atoms with E-state index in [2.05, 4.69) is 124 Å². The van der Waals surface area contributed by atoms with Crippen LogP contribution in [0.2, 0.25) is 0 Å². The van der Waals surface area contributed by atoms with Gasteiger partial charge in [0.1, 0.15) is 5.66 Å². The van der Waals surface area contributed by atoms with E-state index in [0.29, 0.717) is 0 Å². The lowest BCUT2D eigenvalue weighted by atomic mass is 9.64. The Morgan fingerprint density at radius 1 is 0.750 bits per heavy atom. The van der Waals surface area contributed by atoms with E-state index < -0.39 is 12.2 Å². The zero-order chi connectivity index (χ0) is 25.7. The lowest BCUT2D eigenvalue weighted by molar-refractivity contribution is -0.0942. The summed E-state index contributed by atoms with van der Waals surface area (Å²) in [6.07, 6.45) is 0.821. The molecule has 0 saturated heterocycles. The van der Waals surface area contributed by atoms with E-state index in [4.69, 9.17) is 0 Å². The summed E-state index contributed by atoms with van der Waals surface area (Å²) in [7, 11) is 6.34. The van der Waals surface area contributed by atoms with Crippen molar-refractivity contribution in [2.24, 2.45) is 5.92 Å². The molecule has 0 spiro atoms. The molecule has 36 heavy (non-hydrogen) atoms. The summed E-state index contributed by atoms with van der Waals surface area (Å²) in [5, 5.41) is 25.2. The number of benzene rings is 3. The van der Waals surface area contributed by atoms with Crippen LogP contribution in [0.5, 0.6) is 0 Å². The second-order valence-corrected chi connectivity index (χ2v) is 11.8. The van der Waals surface area contributed by atoms with E-state index in [-0.39, 0.29) is 22.9 Å². The first-order valence-electron chi connectivity index (χ1n) is 12.9. The molecule has 6 rings (SSSR count). The molecule has 0 aromatic heterocycles. The first kappa shape index (κ1) is 23.4. The number of rotatable bonds is 2. The number of hydrogen-bond donors (Lipinski definition) is 2. The molecule has 2 atom stereocenters. The smallest absolute Gasteiger partial charge is 0.106 e. The second kappa shape index (κ2) is 7.50. The molecular weight excluding hydrogens is 446 g/mol. The number of hydrogen-bond acceptors (Lipinski definition) is 5. The summed E-state index contributed by atoms with van der Waals surface area (Å²) < 4.78 is 0. The number of allylic oxidation sites excluding steroid dienone is 1. The Bertz CT molecular complexity index is 1380. The highest BCUT2D eigenvalue weighted by Gasteiger charge is 2.51. The van der Waals surface area contributed by atoms with Crippen LogP contribution in [-0.2, 0) is 5.41 Å². The molecule has 0 bridgehead atoms. The molecule has 2 N–H and O–H groups in total. The molecule has 3 aromatic rings. The standard InChI is InChI=1S/C31H37N3O2/c1-30(2)21-12-8-9-13-22(21)32(5)25(30)17-20-28(35)27(29(20)36)19-15-16-24-26-18(19)11-10-14-23(26)33(6)31(3,4)34(24)7/h8-17,20,27-29,35-36H,1-7H3. The Kier molecular flexibility index (Phi) is 4.87. The largest absolute Gasteiger partial charge is 0.392 e. The fourth-order valence-electron chi connectivity index (χ4n) is 6.84. The van der Waals surface area contributed by atoms with Gasteiger partial charge in [0.2, 0.25) is 0 Å². The molecule has 5 heteroatoms. The predicted octanol–water partition coefficient (Wildman–Crippen LogP) is 5.21. The summed E-state index contributed by atoms with van der Waals surface area (Å²) in [4.78, 5) is 6.82. The third-order valence-electron chi connectivity index (χ3n) is 9.57. The number of anilines is 3. The quantitative estimate of drug-likeness (QED) is 0.524. The molecule has 1 saturated carbocycles. The van der Waals surface area contributed by atoms with Gasteiger partial charge in [0.25, 0.3) is 0 Å². The molecule has 2 unspecified atom stereocenters. The highest BCUT2D eigenvalue weighted by atomic mass is 16.3. The van der Waals surface area contributed by atoms with E-state index in [1.807, 2.05) is 0 Å². The Labute approximate surface area is 214 Å². The molecule has 3 aromatic carbocycles. The Morgan fingerprint density at radius 2 is 1.36 bits per heavy atom. The summed E-state index contributed by atoms with van der Waals surface area (Å²) in [6, 6.07) is 19.1. The number of para-hydroxylation sites is 1. The van der Waals surface area contributed by atoms with Gasteiger partial charge in [0.15, 0.2) is 0 Å². The van der Waals surface area contributed by atoms with E-state index in [0.717, 1.165) is 16.6 Å². The maximum absolute atomic E-state index is 11.4. The Morgan fingerprint density at radius 3 is 2.03 bits per heavy atom. The third-order valence-corrected chi connectivity index (χ3v) is 9.57. The number of aliphatic hydroxyl groups is 2. The van der Waals surface area contributed by atoms with Crippen molar-refractivity contribution < 1.29 is 10.2 Å². The Balaban J connectivity index is 1.38. The van der Waals surface area contributed by atoms with Gasteiger partial charge in [-0.15, -0.1) is 0 Å². The third kappa shape index (κ3) is 2.84. The van der Waals surface area contributed by atoms with Crippen LogP contribution < -0.4 is 14.7 Å². The SMILES string of the molecule is CN1C(=CC2C(O)C(c3ccc4c5c(cccc35)N(C)C(C)(C)N4C)C2O)C(C)(C)c2ccccc21. The monoisotopic (exact) mass is 483 g/mol. The molecule has 3 aliphatic rings. The van der Waals surface area contributed by atoms with Crippen molar-refractivity contribution in [1.29, 1.82) is 0 Å². The van der Waals surface area contributed by atoms with E-state index in [9.17, 15) is 10.2 Å². The number of fused-ring (bicyclic) bond motifs is 1. The van der Waals surface area contributed by atoms with Crippen LogP contribution >= 0.6 is 0 Å². The second-order valence-electron chi connectivity index (χ2n) is 11.8. The molecule has 188 valence electrons. The molecule has 5 nitrogen and oxygen atoms in total. The van der Waals surface area contributed by atoms with Crippen LogP contribution in [-0.4, -0.2) is 49.2 Å². The van der Waals surface area contributed by atoms with Crippen molar-refractivity contribution in [2.45, 2.75) is 56.9 Å². The zero-order valence-corrected chi connectivity index (χ0v) is 22.3. The van der Waals surface area contributed by atoms with Crippen molar-refractivity contribution in [3.05, 3.63) is 77.5 Å². The van der Waals surface area contributed by atoms with Crippen molar-refractivity contribution in [3.8, 4) is 0 Å².